The zero-order valence-corrected chi connectivity index (χ0v) is 16.5. The molecule has 6 nitrogen and oxygen atoms in total. The third-order valence-corrected chi connectivity index (χ3v) is 4.85. The molecule has 0 radical (unpaired) electrons. The maximum absolute atomic E-state index is 5.76. The first kappa shape index (κ1) is 19.4. The number of benzene rings is 1. The second kappa shape index (κ2) is 10.1. The maximum atomic E-state index is 5.76. The van der Waals surface area contributed by atoms with Crippen molar-refractivity contribution in [3.8, 4) is 0 Å². The SMILES string of the molecule is CCNC(=NCc1nccn1Cc1ccccc1)N1CCC(OCC)CC1. The van der Waals surface area contributed by atoms with Crippen molar-refractivity contribution in [3.05, 3.63) is 54.1 Å². The van der Waals surface area contributed by atoms with Crippen LogP contribution in [0.2, 0.25) is 0 Å². The Bertz CT molecular complexity index is 704. The Balaban J connectivity index is 1.63. The molecule has 0 atom stereocenters. The molecule has 0 unspecified atom stereocenters. The smallest absolute Gasteiger partial charge is 0.194 e. The summed E-state index contributed by atoms with van der Waals surface area (Å²) >= 11 is 0. The molecular weight excluding hydrogens is 338 g/mol. The van der Waals surface area contributed by atoms with Crippen LogP contribution < -0.4 is 5.32 Å². The molecule has 2 heterocycles. The van der Waals surface area contributed by atoms with E-state index in [4.69, 9.17) is 9.73 Å². The van der Waals surface area contributed by atoms with Crippen LogP contribution in [0.5, 0.6) is 0 Å². The molecule has 1 aliphatic heterocycles. The number of nitrogens with zero attached hydrogens (tertiary/aromatic N) is 4. The van der Waals surface area contributed by atoms with E-state index in [-0.39, 0.29) is 0 Å². The van der Waals surface area contributed by atoms with E-state index in [0.29, 0.717) is 12.6 Å². The van der Waals surface area contributed by atoms with Gasteiger partial charge < -0.3 is 19.5 Å². The van der Waals surface area contributed by atoms with Gasteiger partial charge in [-0.25, -0.2) is 9.98 Å². The van der Waals surface area contributed by atoms with Crippen LogP contribution >= 0.6 is 0 Å². The van der Waals surface area contributed by atoms with E-state index in [1.807, 2.05) is 18.5 Å². The summed E-state index contributed by atoms with van der Waals surface area (Å²) in [5, 5.41) is 3.43. The Morgan fingerprint density at radius 1 is 1.22 bits per heavy atom. The van der Waals surface area contributed by atoms with Gasteiger partial charge in [-0.15, -0.1) is 0 Å². The van der Waals surface area contributed by atoms with Gasteiger partial charge in [-0.05, 0) is 32.3 Å². The van der Waals surface area contributed by atoms with Gasteiger partial charge in [0.2, 0.25) is 0 Å². The highest BCUT2D eigenvalue weighted by molar-refractivity contribution is 5.80. The number of hydrogen-bond donors (Lipinski definition) is 1. The minimum absolute atomic E-state index is 0.388. The Morgan fingerprint density at radius 2 is 2.00 bits per heavy atom. The predicted molar refractivity (Wildman–Crippen MR) is 109 cm³/mol. The van der Waals surface area contributed by atoms with Crippen LogP contribution in [-0.4, -0.2) is 52.8 Å². The van der Waals surface area contributed by atoms with Crippen molar-refractivity contribution >= 4 is 5.96 Å². The number of aliphatic imine (C=N–C) groups is 1. The summed E-state index contributed by atoms with van der Waals surface area (Å²) in [6.07, 6.45) is 6.38. The van der Waals surface area contributed by atoms with Crippen molar-refractivity contribution in [3.63, 3.8) is 0 Å². The highest BCUT2D eigenvalue weighted by Crippen LogP contribution is 2.14. The monoisotopic (exact) mass is 369 g/mol. The van der Waals surface area contributed by atoms with Gasteiger partial charge in [0.25, 0.3) is 0 Å². The molecule has 1 fully saturated rings. The number of likely N-dealkylation sites (tertiary alicyclic amines) is 1. The van der Waals surface area contributed by atoms with Crippen molar-refractivity contribution in [1.29, 1.82) is 0 Å². The highest BCUT2D eigenvalue weighted by Gasteiger charge is 2.21. The van der Waals surface area contributed by atoms with Gasteiger partial charge >= 0.3 is 0 Å². The molecule has 3 rings (SSSR count). The number of aromatic nitrogens is 2. The molecule has 6 heteroatoms. The summed E-state index contributed by atoms with van der Waals surface area (Å²) in [7, 11) is 0. The first-order valence-electron chi connectivity index (χ1n) is 9.99. The number of ether oxygens (including phenoxy) is 1. The van der Waals surface area contributed by atoms with E-state index in [9.17, 15) is 0 Å². The summed E-state index contributed by atoms with van der Waals surface area (Å²) in [5.41, 5.74) is 1.27. The lowest BCUT2D eigenvalue weighted by atomic mass is 10.1. The van der Waals surface area contributed by atoms with E-state index in [0.717, 1.165) is 57.4 Å². The van der Waals surface area contributed by atoms with Crippen LogP contribution in [0.15, 0.2) is 47.7 Å². The molecule has 1 aliphatic rings. The van der Waals surface area contributed by atoms with Gasteiger partial charge in [0.05, 0.1) is 6.10 Å². The maximum Gasteiger partial charge on any atom is 0.194 e. The Kier molecular flexibility index (Phi) is 7.27. The third-order valence-electron chi connectivity index (χ3n) is 4.85. The van der Waals surface area contributed by atoms with Crippen LogP contribution in [0.4, 0.5) is 0 Å². The summed E-state index contributed by atoms with van der Waals surface area (Å²) in [4.78, 5) is 11.7. The zero-order valence-electron chi connectivity index (χ0n) is 16.5. The molecule has 27 heavy (non-hydrogen) atoms. The average molecular weight is 370 g/mol. The molecule has 0 amide bonds. The third kappa shape index (κ3) is 5.57. The number of imidazole rings is 1. The normalized spacial score (nSPS) is 15.9. The standard InChI is InChI=1S/C21H31N5O/c1-3-22-21(25-13-10-19(11-14-25)27-4-2)24-16-20-23-12-15-26(20)17-18-8-6-5-7-9-18/h5-9,12,15,19H,3-4,10-11,13-14,16-17H2,1-2H3,(H,22,24). The van der Waals surface area contributed by atoms with Gasteiger partial charge in [0.1, 0.15) is 12.4 Å². The van der Waals surface area contributed by atoms with Crippen molar-refractivity contribution in [2.24, 2.45) is 4.99 Å². The first-order chi connectivity index (χ1) is 13.3. The molecule has 0 aliphatic carbocycles. The summed E-state index contributed by atoms with van der Waals surface area (Å²) in [5.74, 6) is 1.96. The van der Waals surface area contributed by atoms with Gasteiger partial charge in [-0.1, -0.05) is 30.3 Å². The van der Waals surface area contributed by atoms with Gasteiger partial charge in [-0.2, -0.15) is 0 Å². The summed E-state index contributed by atoms with van der Waals surface area (Å²) < 4.78 is 7.93. The molecular formula is C21H31N5O. The predicted octanol–water partition coefficient (Wildman–Crippen LogP) is 2.90. The van der Waals surface area contributed by atoms with Crippen LogP contribution in [0.3, 0.4) is 0 Å². The molecule has 146 valence electrons. The number of rotatable bonds is 7. The summed E-state index contributed by atoms with van der Waals surface area (Å²) in [6, 6.07) is 10.5. The fourth-order valence-electron chi connectivity index (χ4n) is 3.46. The number of piperidine rings is 1. The minimum Gasteiger partial charge on any atom is -0.378 e. The number of nitrogens with one attached hydrogen (secondary N) is 1. The first-order valence-corrected chi connectivity index (χ1v) is 9.99. The van der Waals surface area contributed by atoms with Gasteiger partial charge in [0.15, 0.2) is 5.96 Å². The Hall–Kier alpha value is -2.34. The van der Waals surface area contributed by atoms with Gasteiger partial charge in [0, 0.05) is 45.2 Å². The molecule has 2 aromatic rings. The fourth-order valence-corrected chi connectivity index (χ4v) is 3.46. The fraction of sp³-hybridized carbons (Fsp3) is 0.524. The van der Waals surface area contributed by atoms with Crippen LogP contribution in [0.1, 0.15) is 38.1 Å². The lowest BCUT2D eigenvalue weighted by Gasteiger charge is -2.34. The Labute approximate surface area is 162 Å². The number of guanidine groups is 1. The van der Waals surface area contributed by atoms with Gasteiger partial charge in [-0.3, -0.25) is 0 Å². The van der Waals surface area contributed by atoms with Crippen molar-refractivity contribution < 1.29 is 4.74 Å². The average Bonchev–Trinajstić information content (AvgIpc) is 3.14. The van der Waals surface area contributed by atoms with Crippen LogP contribution in [0, 0.1) is 0 Å². The molecule has 0 bridgehead atoms. The van der Waals surface area contributed by atoms with E-state index in [1.165, 1.54) is 5.56 Å². The molecule has 1 saturated heterocycles. The lowest BCUT2D eigenvalue weighted by Crippen LogP contribution is -2.47. The Morgan fingerprint density at radius 3 is 2.70 bits per heavy atom. The van der Waals surface area contributed by atoms with Crippen LogP contribution in [-0.2, 0) is 17.8 Å². The molecule has 0 spiro atoms. The highest BCUT2D eigenvalue weighted by atomic mass is 16.5. The quantitative estimate of drug-likeness (QED) is 0.602. The van der Waals surface area contributed by atoms with Crippen molar-refractivity contribution in [2.75, 3.05) is 26.2 Å². The molecule has 1 N–H and O–H groups in total. The van der Waals surface area contributed by atoms with E-state index in [2.05, 4.69) is 57.9 Å². The summed E-state index contributed by atoms with van der Waals surface area (Å²) in [6.45, 7) is 9.19. The van der Waals surface area contributed by atoms with E-state index >= 15 is 0 Å². The molecule has 1 aromatic heterocycles. The second-order valence-electron chi connectivity index (χ2n) is 6.77. The minimum atomic E-state index is 0.388. The largest absolute Gasteiger partial charge is 0.378 e. The van der Waals surface area contributed by atoms with Crippen molar-refractivity contribution in [1.82, 2.24) is 19.8 Å². The van der Waals surface area contributed by atoms with Crippen LogP contribution in [0.25, 0.3) is 0 Å². The van der Waals surface area contributed by atoms with E-state index < -0.39 is 0 Å². The number of hydrogen-bond acceptors (Lipinski definition) is 3. The molecule has 1 aromatic carbocycles. The van der Waals surface area contributed by atoms with E-state index in [1.54, 1.807) is 0 Å². The lowest BCUT2D eigenvalue weighted by molar-refractivity contribution is 0.0263. The van der Waals surface area contributed by atoms with Crippen molar-refractivity contribution in [2.45, 2.75) is 45.9 Å². The zero-order chi connectivity index (χ0) is 18.9. The molecule has 0 saturated carbocycles. The topological polar surface area (TPSA) is 54.7 Å². The second-order valence-corrected chi connectivity index (χ2v) is 6.77.